The molecule has 34 heavy (non-hydrogen) atoms. The van der Waals surface area contributed by atoms with Gasteiger partial charge >= 0.3 is 0 Å². The van der Waals surface area contributed by atoms with E-state index in [1.165, 1.54) is 31.7 Å². The molecule has 0 bridgehead atoms. The predicted octanol–water partition coefficient (Wildman–Crippen LogP) is 9.71. The quantitative estimate of drug-likeness (QED) is 0.251. The molecule has 1 heterocycles. The zero-order valence-electron chi connectivity index (χ0n) is 18.6. The minimum atomic E-state index is 1.15. The van der Waals surface area contributed by atoms with Crippen LogP contribution in [0.3, 0.4) is 0 Å². The van der Waals surface area contributed by atoms with Crippen LogP contribution in [0.15, 0.2) is 140 Å². The molecule has 162 valence electrons. The molecule has 2 heteroatoms. The lowest BCUT2D eigenvalue weighted by Crippen LogP contribution is -2.09. The lowest BCUT2D eigenvalue weighted by atomic mass is 10.1. The zero-order chi connectivity index (χ0) is 22.7. The van der Waals surface area contributed by atoms with Crippen LogP contribution in [-0.4, -0.2) is 0 Å². The molecule has 0 fully saturated rings. The summed E-state index contributed by atoms with van der Waals surface area (Å²) in [5.41, 5.74) is 5.95. The van der Waals surface area contributed by atoms with Crippen molar-refractivity contribution in [3.8, 4) is 20.9 Å². The molecule has 0 aliphatic rings. The van der Waals surface area contributed by atoms with E-state index in [4.69, 9.17) is 0 Å². The van der Waals surface area contributed by atoms with Crippen LogP contribution in [0.25, 0.3) is 31.7 Å². The summed E-state index contributed by atoms with van der Waals surface area (Å²) in [6.07, 6.45) is 0. The van der Waals surface area contributed by atoms with Crippen LogP contribution in [0.5, 0.6) is 0 Å². The van der Waals surface area contributed by atoms with Gasteiger partial charge in [-0.3, -0.25) is 0 Å². The highest BCUT2D eigenvalue weighted by molar-refractivity contribution is 7.18. The van der Waals surface area contributed by atoms with Gasteiger partial charge in [-0.15, -0.1) is 11.3 Å². The summed E-state index contributed by atoms with van der Waals surface area (Å²) in [7, 11) is 0. The van der Waals surface area contributed by atoms with Gasteiger partial charge in [0.1, 0.15) is 0 Å². The molecule has 0 spiro atoms. The number of benzene rings is 5. The Hall–Kier alpha value is -4.14. The molecule has 0 aliphatic carbocycles. The Morgan fingerprint density at radius 3 is 1.53 bits per heavy atom. The van der Waals surface area contributed by atoms with E-state index in [0.717, 1.165) is 17.1 Å². The fourth-order valence-corrected chi connectivity index (χ4v) is 5.37. The van der Waals surface area contributed by atoms with Gasteiger partial charge in [-0.1, -0.05) is 84.9 Å². The Labute approximate surface area is 204 Å². The summed E-state index contributed by atoms with van der Waals surface area (Å²) >= 11 is 1.84. The fraction of sp³-hybridized carbons (Fsp3) is 0. The molecule has 6 rings (SSSR count). The number of thiophene rings is 1. The van der Waals surface area contributed by atoms with Crippen LogP contribution in [0.2, 0.25) is 0 Å². The van der Waals surface area contributed by atoms with Crippen molar-refractivity contribution >= 4 is 39.2 Å². The maximum atomic E-state index is 2.29. The van der Waals surface area contributed by atoms with Crippen molar-refractivity contribution < 1.29 is 0 Å². The van der Waals surface area contributed by atoms with Crippen LogP contribution in [-0.2, 0) is 0 Å². The van der Waals surface area contributed by atoms with Gasteiger partial charge in [0.2, 0.25) is 0 Å². The molecule has 0 N–H and O–H groups in total. The number of nitrogens with zero attached hydrogens (tertiary/aromatic N) is 1. The van der Waals surface area contributed by atoms with Crippen molar-refractivity contribution in [3.63, 3.8) is 0 Å². The number of anilines is 3. The number of hydrogen-bond acceptors (Lipinski definition) is 2. The maximum Gasteiger partial charge on any atom is 0.0462 e. The molecule has 1 nitrogen and oxygen atoms in total. The lowest BCUT2D eigenvalue weighted by molar-refractivity contribution is 1.28. The summed E-state index contributed by atoms with van der Waals surface area (Å²) in [5.74, 6) is 0. The number of para-hydroxylation sites is 2. The van der Waals surface area contributed by atoms with Gasteiger partial charge in [-0.25, -0.2) is 0 Å². The van der Waals surface area contributed by atoms with E-state index in [-0.39, 0.29) is 0 Å². The van der Waals surface area contributed by atoms with Crippen LogP contribution in [0, 0.1) is 0 Å². The molecule has 1 aromatic heterocycles. The Morgan fingerprint density at radius 2 is 0.882 bits per heavy atom. The largest absolute Gasteiger partial charge is 0.311 e. The average Bonchev–Trinajstić information content (AvgIpc) is 3.41. The summed E-state index contributed by atoms with van der Waals surface area (Å²) in [6.45, 7) is 0. The number of rotatable bonds is 5. The van der Waals surface area contributed by atoms with Crippen molar-refractivity contribution in [2.24, 2.45) is 0 Å². The second-order valence-electron chi connectivity index (χ2n) is 8.28. The van der Waals surface area contributed by atoms with Gasteiger partial charge in [-0.2, -0.15) is 0 Å². The van der Waals surface area contributed by atoms with Gasteiger partial charge in [0.05, 0.1) is 0 Å². The fourth-order valence-electron chi connectivity index (χ4n) is 4.37. The van der Waals surface area contributed by atoms with Crippen molar-refractivity contribution in [2.75, 3.05) is 4.90 Å². The van der Waals surface area contributed by atoms with Gasteiger partial charge in [0, 0.05) is 26.8 Å². The third kappa shape index (κ3) is 4.00. The van der Waals surface area contributed by atoms with Gasteiger partial charge in [-0.05, 0) is 76.5 Å². The maximum absolute atomic E-state index is 2.29. The van der Waals surface area contributed by atoms with E-state index in [1.807, 2.05) is 11.3 Å². The summed E-state index contributed by atoms with van der Waals surface area (Å²) in [5, 5.41) is 2.56. The topological polar surface area (TPSA) is 3.24 Å². The molecule has 0 saturated carbocycles. The number of hydrogen-bond donors (Lipinski definition) is 0. The highest BCUT2D eigenvalue weighted by Gasteiger charge is 2.12. The summed E-state index contributed by atoms with van der Waals surface area (Å²) in [4.78, 5) is 4.86. The van der Waals surface area contributed by atoms with Gasteiger partial charge < -0.3 is 4.90 Å². The molecule has 0 unspecified atom stereocenters. The molecule has 0 saturated heterocycles. The normalized spacial score (nSPS) is 10.9. The van der Waals surface area contributed by atoms with Crippen LogP contribution < -0.4 is 4.90 Å². The van der Waals surface area contributed by atoms with Crippen molar-refractivity contribution in [1.29, 1.82) is 0 Å². The lowest BCUT2D eigenvalue weighted by Gasteiger charge is -2.25. The zero-order valence-corrected chi connectivity index (χ0v) is 19.5. The summed E-state index contributed by atoms with van der Waals surface area (Å²) < 4.78 is 0. The molecular formula is C32H23NS. The molecule has 6 aromatic rings. The van der Waals surface area contributed by atoms with E-state index in [9.17, 15) is 0 Å². The van der Waals surface area contributed by atoms with E-state index >= 15 is 0 Å². The van der Waals surface area contributed by atoms with Crippen molar-refractivity contribution in [3.05, 3.63) is 140 Å². The smallest absolute Gasteiger partial charge is 0.0462 e. The third-order valence-corrected chi connectivity index (χ3v) is 7.26. The van der Waals surface area contributed by atoms with Gasteiger partial charge in [0.15, 0.2) is 0 Å². The molecule has 5 aromatic carbocycles. The Kier molecular flexibility index (Phi) is 5.42. The Balaban J connectivity index is 1.32. The van der Waals surface area contributed by atoms with Crippen LogP contribution in [0.1, 0.15) is 0 Å². The Morgan fingerprint density at radius 1 is 0.382 bits per heavy atom. The first-order valence-electron chi connectivity index (χ1n) is 11.4. The second kappa shape index (κ2) is 9.01. The first-order chi connectivity index (χ1) is 16.8. The van der Waals surface area contributed by atoms with Crippen molar-refractivity contribution in [2.45, 2.75) is 0 Å². The monoisotopic (exact) mass is 453 g/mol. The second-order valence-corrected chi connectivity index (χ2v) is 9.36. The van der Waals surface area contributed by atoms with Crippen molar-refractivity contribution in [1.82, 2.24) is 0 Å². The first kappa shape index (κ1) is 20.5. The molecule has 0 aliphatic heterocycles. The molecule has 0 radical (unpaired) electrons. The first-order valence-corrected chi connectivity index (χ1v) is 12.3. The van der Waals surface area contributed by atoms with E-state index < -0.39 is 0 Å². The SMILES string of the molecule is c1ccc(N(c2ccccc2)c2ccc(-c3ccc(-c4ccc5ccccc5c4)s3)cc2)cc1. The number of fused-ring (bicyclic) bond motifs is 1. The predicted molar refractivity (Wildman–Crippen MR) is 147 cm³/mol. The molecular weight excluding hydrogens is 430 g/mol. The molecule has 0 atom stereocenters. The average molecular weight is 454 g/mol. The van der Waals surface area contributed by atoms with E-state index in [2.05, 4.69) is 144 Å². The van der Waals surface area contributed by atoms with Crippen LogP contribution in [0.4, 0.5) is 17.1 Å². The van der Waals surface area contributed by atoms with E-state index in [0.29, 0.717) is 0 Å². The molecule has 0 amide bonds. The van der Waals surface area contributed by atoms with E-state index in [1.54, 1.807) is 0 Å². The van der Waals surface area contributed by atoms with Gasteiger partial charge in [0.25, 0.3) is 0 Å². The standard InChI is InChI=1S/C32H23NS/c1-3-11-28(12-4-1)33(29-13-5-2-6-14-29)30-19-17-25(18-20-30)31-21-22-32(34-31)27-16-15-24-9-7-8-10-26(24)23-27/h1-23H. The third-order valence-electron chi connectivity index (χ3n) is 6.08. The minimum Gasteiger partial charge on any atom is -0.311 e. The Bertz CT molecular complexity index is 1490. The highest BCUT2D eigenvalue weighted by Crippen LogP contribution is 2.38. The summed E-state index contributed by atoms with van der Waals surface area (Å²) in [6, 6.07) is 49.6. The highest BCUT2D eigenvalue weighted by atomic mass is 32.1. The minimum absolute atomic E-state index is 1.15. The van der Waals surface area contributed by atoms with Crippen LogP contribution >= 0.6 is 11.3 Å².